The highest BCUT2D eigenvalue weighted by molar-refractivity contribution is 4.80. The van der Waals surface area contributed by atoms with Crippen LogP contribution in [0.15, 0.2) is 0 Å². The van der Waals surface area contributed by atoms with Gasteiger partial charge in [-0.3, -0.25) is 0 Å². The molecule has 0 heterocycles. The van der Waals surface area contributed by atoms with E-state index >= 15 is 0 Å². The second-order valence-corrected chi connectivity index (χ2v) is 7.89. The summed E-state index contributed by atoms with van der Waals surface area (Å²) in [6.07, 6.45) is 8.55. The molecule has 0 radical (unpaired) electrons. The molecule has 1 aliphatic rings. The highest BCUT2D eigenvalue weighted by atomic mass is 15.1. The Labute approximate surface area is 127 Å². The van der Waals surface area contributed by atoms with Gasteiger partial charge >= 0.3 is 0 Å². The van der Waals surface area contributed by atoms with Crippen LogP contribution in [-0.4, -0.2) is 38.1 Å². The third-order valence-electron chi connectivity index (χ3n) is 4.90. The summed E-state index contributed by atoms with van der Waals surface area (Å²) in [6, 6.07) is 0. The molecule has 1 unspecified atom stereocenters. The summed E-state index contributed by atoms with van der Waals surface area (Å²) in [5.74, 6) is 1.70. The topological polar surface area (TPSA) is 15.3 Å². The number of nitrogens with zero attached hydrogens (tertiary/aromatic N) is 1. The third kappa shape index (κ3) is 7.08. The van der Waals surface area contributed by atoms with Crippen molar-refractivity contribution >= 4 is 0 Å². The van der Waals surface area contributed by atoms with Gasteiger partial charge in [-0.2, -0.15) is 0 Å². The lowest BCUT2D eigenvalue weighted by Gasteiger charge is -2.36. The molecule has 0 aliphatic heterocycles. The lowest BCUT2D eigenvalue weighted by Crippen LogP contribution is -2.42. The summed E-state index contributed by atoms with van der Waals surface area (Å²) >= 11 is 0. The van der Waals surface area contributed by atoms with Crippen LogP contribution in [0.1, 0.15) is 66.2 Å². The first-order valence-corrected chi connectivity index (χ1v) is 8.84. The minimum Gasteiger partial charge on any atom is -0.316 e. The van der Waals surface area contributed by atoms with Crippen LogP contribution in [0, 0.1) is 17.3 Å². The van der Waals surface area contributed by atoms with Crippen molar-refractivity contribution < 1.29 is 0 Å². The zero-order valence-corrected chi connectivity index (χ0v) is 14.7. The van der Waals surface area contributed by atoms with Crippen LogP contribution in [0.3, 0.4) is 0 Å². The van der Waals surface area contributed by atoms with E-state index in [4.69, 9.17) is 0 Å². The fourth-order valence-corrected chi connectivity index (χ4v) is 3.48. The number of nitrogens with one attached hydrogen (secondary N) is 1. The van der Waals surface area contributed by atoms with Crippen molar-refractivity contribution in [2.45, 2.75) is 66.2 Å². The van der Waals surface area contributed by atoms with Gasteiger partial charge in [0.2, 0.25) is 0 Å². The normalized spacial score (nSPS) is 20.6. The molecule has 1 fully saturated rings. The molecule has 0 bridgehead atoms. The zero-order chi connectivity index (χ0) is 15.0. The Hall–Kier alpha value is -0.0800. The first kappa shape index (κ1) is 18.0. The third-order valence-corrected chi connectivity index (χ3v) is 4.90. The molecule has 0 aromatic carbocycles. The lowest BCUT2D eigenvalue weighted by atomic mass is 9.85. The molecule has 1 rings (SSSR count). The molecular weight excluding hydrogens is 244 g/mol. The number of rotatable bonds is 9. The van der Waals surface area contributed by atoms with E-state index in [9.17, 15) is 0 Å². The van der Waals surface area contributed by atoms with E-state index in [0.29, 0.717) is 5.41 Å². The first-order chi connectivity index (χ1) is 9.45. The maximum Gasteiger partial charge on any atom is 0.00444 e. The van der Waals surface area contributed by atoms with Crippen molar-refractivity contribution in [3.05, 3.63) is 0 Å². The highest BCUT2D eigenvalue weighted by Gasteiger charge is 2.25. The summed E-state index contributed by atoms with van der Waals surface area (Å²) in [7, 11) is 2.32. The quantitative estimate of drug-likeness (QED) is 0.683. The molecule has 1 atom stereocenters. The zero-order valence-electron chi connectivity index (χ0n) is 14.7. The molecule has 0 spiro atoms. The Morgan fingerprint density at radius 1 is 1.20 bits per heavy atom. The molecule has 0 saturated heterocycles. The Morgan fingerprint density at radius 2 is 1.85 bits per heavy atom. The van der Waals surface area contributed by atoms with Crippen molar-refractivity contribution in [3.63, 3.8) is 0 Å². The summed E-state index contributed by atoms with van der Waals surface area (Å²) in [5, 5.41) is 3.66. The van der Waals surface area contributed by atoms with Crippen molar-refractivity contribution in [2.24, 2.45) is 17.3 Å². The van der Waals surface area contributed by atoms with Crippen LogP contribution < -0.4 is 5.32 Å². The van der Waals surface area contributed by atoms with Gasteiger partial charge in [-0.05, 0) is 50.1 Å². The Kier molecular flexibility index (Phi) is 8.13. The fraction of sp³-hybridized carbons (Fsp3) is 1.00. The molecule has 2 heteroatoms. The molecule has 0 aromatic rings. The molecule has 0 aromatic heterocycles. The molecule has 2 nitrogen and oxygen atoms in total. The average molecular weight is 283 g/mol. The lowest BCUT2D eigenvalue weighted by molar-refractivity contribution is 0.150. The van der Waals surface area contributed by atoms with Gasteiger partial charge in [-0.1, -0.05) is 47.0 Å². The van der Waals surface area contributed by atoms with Gasteiger partial charge in [0.05, 0.1) is 0 Å². The van der Waals surface area contributed by atoms with Gasteiger partial charge in [0.1, 0.15) is 0 Å². The van der Waals surface area contributed by atoms with Crippen molar-refractivity contribution in [1.82, 2.24) is 10.2 Å². The number of hydrogen-bond donors (Lipinski definition) is 1. The average Bonchev–Trinajstić information content (AvgIpc) is 2.39. The van der Waals surface area contributed by atoms with Gasteiger partial charge in [0, 0.05) is 19.6 Å². The van der Waals surface area contributed by atoms with E-state index < -0.39 is 0 Å². The van der Waals surface area contributed by atoms with Crippen LogP contribution in [0.25, 0.3) is 0 Å². The molecule has 0 amide bonds. The second-order valence-electron chi connectivity index (χ2n) is 7.89. The molecule has 1 saturated carbocycles. The fourth-order valence-electron chi connectivity index (χ4n) is 3.48. The van der Waals surface area contributed by atoms with E-state index in [-0.39, 0.29) is 0 Å². The summed E-state index contributed by atoms with van der Waals surface area (Å²) in [6.45, 7) is 14.2. The monoisotopic (exact) mass is 282 g/mol. The Bertz CT molecular complexity index is 246. The summed E-state index contributed by atoms with van der Waals surface area (Å²) < 4.78 is 0. The van der Waals surface area contributed by atoms with Gasteiger partial charge in [-0.25, -0.2) is 0 Å². The Balaban J connectivity index is 2.32. The minimum absolute atomic E-state index is 0.415. The Morgan fingerprint density at radius 3 is 2.40 bits per heavy atom. The van der Waals surface area contributed by atoms with Crippen LogP contribution in [0.2, 0.25) is 0 Å². The smallest absolute Gasteiger partial charge is 0.00444 e. The van der Waals surface area contributed by atoms with Gasteiger partial charge in [0.25, 0.3) is 0 Å². The van der Waals surface area contributed by atoms with E-state index in [0.717, 1.165) is 24.9 Å². The molecule has 20 heavy (non-hydrogen) atoms. The van der Waals surface area contributed by atoms with Crippen LogP contribution in [0.4, 0.5) is 0 Å². The maximum atomic E-state index is 3.66. The molecule has 120 valence electrons. The van der Waals surface area contributed by atoms with E-state index in [1.54, 1.807) is 0 Å². The van der Waals surface area contributed by atoms with E-state index in [1.807, 2.05) is 0 Å². The number of hydrogen-bond acceptors (Lipinski definition) is 2. The predicted molar refractivity (Wildman–Crippen MR) is 90.2 cm³/mol. The standard InChI is InChI=1S/C18H38N2/c1-6-18(4,14-19-12-16(2)3)15-20(5)13-17-10-8-7-9-11-17/h16-17,19H,6-15H2,1-5H3. The van der Waals surface area contributed by atoms with Crippen molar-refractivity contribution in [2.75, 3.05) is 33.2 Å². The molecule has 1 N–H and O–H groups in total. The van der Waals surface area contributed by atoms with Gasteiger partial charge < -0.3 is 10.2 Å². The van der Waals surface area contributed by atoms with Crippen LogP contribution >= 0.6 is 0 Å². The van der Waals surface area contributed by atoms with Gasteiger partial charge in [-0.15, -0.1) is 0 Å². The minimum atomic E-state index is 0.415. The SMILES string of the molecule is CCC(C)(CNCC(C)C)CN(C)CC1CCCCC1. The van der Waals surface area contributed by atoms with E-state index in [2.05, 4.69) is 45.0 Å². The summed E-state index contributed by atoms with van der Waals surface area (Å²) in [4.78, 5) is 2.59. The van der Waals surface area contributed by atoms with Crippen LogP contribution in [0.5, 0.6) is 0 Å². The first-order valence-electron chi connectivity index (χ1n) is 8.84. The van der Waals surface area contributed by atoms with Crippen molar-refractivity contribution in [3.8, 4) is 0 Å². The largest absolute Gasteiger partial charge is 0.316 e. The highest BCUT2D eigenvalue weighted by Crippen LogP contribution is 2.26. The second kappa shape index (κ2) is 9.04. The predicted octanol–water partition coefficient (Wildman–Crippen LogP) is 4.16. The maximum absolute atomic E-state index is 3.66. The van der Waals surface area contributed by atoms with Gasteiger partial charge in [0.15, 0.2) is 0 Å². The van der Waals surface area contributed by atoms with E-state index in [1.165, 1.54) is 51.6 Å². The van der Waals surface area contributed by atoms with Crippen LogP contribution in [-0.2, 0) is 0 Å². The van der Waals surface area contributed by atoms with Crippen molar-refractivity contribution in [1.29, 1.82) is 0 Å². The molecule has 1 aliphatic carbocycles. The molecular formula is C18H38N2. The summed E-state index contributed by atoms with van der Waals surface area (Å²) in [5.41, 5.74) is 0.415.